The number of rotatable bonds is 4. The molecule has 4 rings (SSSR count). The van der Waals surface area contributed by atoms with E-state index in [0.717, 1.165) is 23.5 Å². The van der Waals surface area contributed by atoms with Crippen molar-refractivity contribution in [2.24, 2.45) is 0 Å². The summed E-state index contributed by atoms with van der Waals surface area (Å²) >= 11 is 0. The molecule has 3 aromatic rings. The van der Waals surface area contributed by atoms with E-state index in [1.165, 1.54) is 50.5 Å². The quantitative estimate of drug-likeness (QED) is 0.663. The van der Waals surface area contributed by atoms with Gasteiger partial charge < -0.3 is 5.32 Å². The summed E-state index contributed by atoms with van der Waals surface area (Å²) in [7, 11) is 0. The first-order valence-corrected chi connectivity index (χ1v) is 10.2. The van der Waals surface area contributed by atoms with Crippen molar-refractivity contribution < 1.29 is 0 Å². The third kappa shape index (κ3) is 3.57. The summed E-state index contributed by atoms with van der Waals surface area (Å²) in [5, 5.41) is 16.4. The molecule has 0 saturated heterocycles. The minimum Gasteiger partial charge on any atom is -0.365 e. The molecule has 0 spiro atoms. The lowest BCUT2D eigenvalue weighted by molar-refractivity contribution is 0.470. The highest BCUT2D eigenvalue weighted by atomic mass is 15.3. The molecular formula is C22H27N5. The first kappa shape index (κ1) is 17.7. The molecule has 0 bridgehead atoms. The number of aryl methyl sites for hydroxylation is 1. The van der Waals surface area contributed by atoms with Crippen LogP contribution >= 0.6 is 0 Å². The van der Waals surface area contributed by atoms with Crippen LogP contribution in [-0.4, -0.2) is 20.6 Å². The lowest BCUT2D eigenvalue weighted by Crippen LogP contribution is -2.22. The SMILES string of the molecule is CCc1ccc(-c2nc3c(C#N)c[nH]n3c2NC2CCCCCCC2)cc1. The van der Waals surface area contributed by atoms with Crippen LogP contribution in [0.3, 0.4) is 0 Å². The molecule has 1 saturated carbocycles. The normalized spacial score (nSPS) is 16.0. The summed E-state index contributed by atoms with van der Waals surface area (Å²) in [6, 6.07) is 11.3. The van der Waals surface area contributed by atoms with E-state index in [-0.39, 0.29) is 0 Å². The lowest BCUT2D eigenvalue weighted by atomic mass is 9.96. The maximum absolute atomic E-state index is 9.41. The highest BCUT2D eigenvalue weighted by Crippen LogP contribution is 2.32. The van der Waals surface area contributed by atoms with Gasteiger partial charge in [0, 0.05) is 17.8 Å². The van der Waals surface area contributed by atoms with Crippen LogP contribution in [-0.2, 0) is 6.42 Å². The topological polar surface area (TPSA) is 68.9 Å². The fourth-order valence-electron chi connectivity index (χ4n) is 4.03. The van der Waals surface area contributed by atoms with Crippen molar-refractivity contribution in [3.05, 3.63) is 41.6 Å². The van der Waals surface area contributed by atoms with Crippen molar-refractivity contribution in [2.45, 2.75) is 64.3 Å². The Hall–Kier alpha value is -2.74. The van der Waals surface area contributed by atoms with Crippen LogP contribution in [0.15, 0.2) is 30.5 Å². The van der Waals surface area contributed by atoms with Gasteiger partial charge in [-0.05, 0) is 24.8 Å². The standard InChI is InChI=1S/C22H27N5/c1-2-16-10-12-17(13-11-16)20-22(25-19-8-6-4-3-5-7-9-19)27-21(26-20)18(14-23)15-24-27/h10-13,15,19,24-25H,2-9H2,1H3. The summed E-state index contributed by atoms with van der Waals surface area (Å²) in [4.78, 5) is 4.82. The monoisotopic (exact) mass is 361 g/mol. The van der Waals surface area contributed by atoms with Gasteiger partial charge in [-0.3, -0.25) is 5.10 Å². The Labute approximate surface area is 160 Å². The zero-order valence-corrected chi connectivity index (χ0v) is 16.0. The Kier molecular flexibility index (Phi) is 5.15. The number of imidazole rings is 1. The minimum atomic E-state index is 0.452. The molecule has 2 heterocycles. The lowest BCUT2D eigenvalue weighted by Gasteiger charge is -2.22. The van der Waals surface area contributed by atoms with Gasteiger partial charge in [0.05, 0.1) is 0 Å². The molecule has 0 unspecified atom stereocenters. The molecule has 0 aliphatic heterocycles. The molecule has 0 amide bonds. The molecule has 1 aliphatic rings. The Morgan fingerprint density at radius 3 is 2.52 bits per heavy atom. The second-order valence-corrected chi connectivity index (χ2v) is 7.50. The number of nitriles is 1. The van der Waals surface area contributed by atoms with Gasteiger partial charge >= 0.3 is 0 Å². The molecule has 2 N–H and O–H groups in total. The predicted molar refractivity (Wildman–Crippen MR) is 109 cm³/mol. The zero-order chi connectivity index (χ0) is 18.6. The van der Waals surface area contributed by atoms with E-state index < -0.39 is 0 Å². The average Bonchev–Trinajstić information content (AvgIpc) is 3.23. The van der Waals surface area contributed by atoms with Crippen LogP contribution < -0.4 is 5.32 Å². The number of H-pyrrole nitrogens is 1. The van der Waals surface area contributed by atoms with Gasteiger partial charge in [0.15, 0.2) is 11.5 Å². The van der Waals surface area contributed by atoms with Gasteiger partial charge in [-0.15, -0.1) is 0 Å². The first-order chi connectivity index (χ1) is 13.3. The smallest absolute Gasteiger partial charge is 0.173 e. The Balaban J connectivity index is 1.73. The maximum atomic E-state index is 9.41. The number of anilines is 1. The second-order valence-electron chi connectivity index (χ2n) is 7.50. The first-order valence-electron chi connectivity index (χ1n) is 10.2. The summed E-state index contributed by atoms with van der Waals surface area (Å²) < 4.78 is 1.93. The Morgan fingerprint density at radius 2 is 1.85 bits per heavy atom. The fraction of sp³-hybridized carbons (Fsp3) is 0.455. The minimum absolute atomic E-state index is 0.452. The van der Waals surface area contributed by atoms with Crippen LogP contribution in [0.25, 0.3) is 16.9 Å². The van der Waals surface area contributed by atoms with Gasteiger partial charge in [0.2, 0.25) is 0 Å². The molecule has 0 radical (unpaired) electrons. The molecular weight excluding hydrogens is 334 g/mol. The summed E-state index contributed by atoms with van der Waals surface area (Å²) in [5.41, 5.74) is 4.59. The zero-order valence-electron chi connectivity index (χ0n) is 16.0. The molecule has 1 aromatic carbocycles. The Morgan fingerprint density at radius 1 is 1.15 bits per heavy atom. The second kappa shape index (κ2) is 7.87. The molecule has 5 nitrogen and oxygen atoms in total. The van der Waals surface area contributed by atoms with Gasteiger partial charge in [0.1, 0.15) is 17.3 Å². The van der Waals surface area contributed by atoms with Gasteiger partial charge in [-0.1, -0.05) is 63.3 Å². The van der Waals surface area contributed by atoms with E-state index in [1.807, 2.05) is 4.52 Å². The van der Waals surface area contributed by atoms with E-state index in [9.17, 15) is 5.26 Å². The number of aromatic nitrogens is 3. The number of hydrogen-bond acceptors (Lipinski definition) is 3. The fourth-order valence-corrected chi connectivity index (χ4v) is 4.03. The third-order valence-electron chi connectivity index (χ3n) is 5.66. The Bertz CT molecular complexity index is 934. The number of hydrogen-bond donors (Lipinski definition) is 2. The number of nitrogens with zero attached hydrogens (tertiary/aromatic N) is 3. The van der Waals surface area contributed by atoms with E-state index >= 15 is 0 Å². The number of benzene rings is 1. The summed E-state index contributed by atoms with van der Waals surface area (Å²) in [6.07, 6.45) is 11.7. The average molecular weight is 361 g/mol. The molecule has 1 aliphatic carbocycles. The molecule has 5 heteroatoms. The maximum Gasteiger partial charge on any atom is 0.173 e. The van der Waals surface area contributed by atoms with Crippen molar-refractivity contribution in [2.75, 3.05) is 5.32 Å². The molecule has 1 fully saturated rings. The number of fused-ring (bicyclic) bond motifs is 1. The van der Waals surface area contributed by atoms with Gasteiger partial charge in [-0.25, -0.2) is 9.50 Å². The predicted octanol–water partition coefficient (Wildman–Crippen LogP) is 5.29. The number of nitrogens with one attached hydrogen (secondary N) is 2. The van der Waals surface area contributed by atoms with Crippen molar-refractivity contribution in [1.82, 2.24) is 14.6 Å². The number of aromatic amines is 1. The molecule has 2 aromatic heterocycles. The molecule has 0 atom stereocenters. The highest BCUT2D eigenvalue weighted by molar-refractivity contribution is 5.78. The van der Waals surface area contributed by atoms with Crippen molar-refractivity contribution in [1.29, 1.82) is 5.26 Å². The van der Waals surface area contributed by atoms with Gasteiger partial charge in [0.25, 0.3) is 0 Å². The van der Waals surface area contributed by atoms with Crippen LogP contribution in [0.2, 0.25) is 0 Å². The summed E-state index contributed by atoms with van der Waals surface area (Å²) in [6.45, 7) is 2.16. The van der Waals surface area contributed by atoms with Crippen molar-refractivity contribution in [3.8, 4) is 17.3 Å². The van der Waals surface area contributed by atoms with Crippen molar-refractivity contribution >= 4 is 11.5 Å². The van der Waals surface area contributed by atoms with Crippen LogP contribution in [0.4, 0.5) is 5.82 Å². The van der Waals surface area contributed by atoms with Crippen LogP contribution in [0.5, 0.6) is 0 Å². The highest BCUT2D eigenvalue weighted by Gasteiger charge is 2.21. The molecule has 27 heavy (non-hydrogen) atoms. The van der Waals surface area contributed by atoms with E-state index in [4.69, 9.17) is 4.98 Å². The summed E-state index contributed by atoms with van der Waals surface area (Å²) in [5.74, 6) is 0.973. The molecule has 140 valence electrons. The van der Waals surface area contributed by atoms with Gasteiger partial charge in [-0.2, -0.15) is 5.26 Å². The third-order valence-corrected chi connectivity index (χ3v) is 5.66. The van der Waals surface area contributed by atoms with Crippen LogP contribution in [0, 0.1) is 11.3 Å². The van der Waals surface area contributed by atoms with E-state index in [2.05, 4.69) is 47.7 Å². The van der Waals surface area contributed by atoms with E-state index in [0.29, 0.717) is 17.3 Å². The van der Waals surface area contributed by atoms with Crippen LogP contribution in [0.1, 0.15) is 63.0 Å². The van der Waals surface area contributed by atoms with Crippen molar-refractivity contribution in [3.63, 3.8) is 0 Å². The largest absolute Gasteiger partial charge is 0.365 e. The van der Waals surface area contributed by atoms with E-state index in [1.54, 1.807) is 6.20 Å².